The lowest BCUT2D eigenvalue weighted by molar-refractivity contribution is 0.445. The number of alkyl halides is 1. The van der Waals surface area contributed by atoms with Crippen LogP contribution in [0.1, 0.15) is 13.3 Å². The maximum Gasteiger partial charge on any atom is 0.159 e. The van der Waals surface area contributed by atoms with Gasteiger partial charge in [0.1, 0.15) is 0 Å². The van der Waals surface area contributed by atoms with Gasteiger partial charge in [-0.15, -0.1) is 0 Å². The molecule has 0 bridgehead atoms. The van der Waals surface area contributed by atoms with Crippen molar-refractivity contribution in [3.05, 3.63) is 68.6 Å². The molecular weight excluding hydrogens is 342 g/mol. The minimum Gasteiger partial charge on any atom is -0.402 e. The highest BCUT2D eigenvalue weighted by Crippen LogP contribution is 2.36. The fourth-order valence-corrected chi connectivity index (χ4v) is 2.86. The molecule has 22 heavy (non-hydrogen) atoms. The normalized spacial score (nSPS) is 22.7. The number of hydrogen-bond donors (Lipinski definition) is 2. The maximum atomic E-state index is 14.4. The highest BCUT2D eigenvalue weighted by atomic mass is 35.5. The average molecular weight is 357 g/mol. The number of thiocarbonyl (C=S) groups is 1. The molecule has 0 amide bonds. The predicted octanol–water partition coefficient (Wildman–Crippen LogP) is 4.29. The van der Waals surface area contributed by atoms with E-state index in [4.69, 9.17) is 46.9 Å². The van der Waals surface area contributed by atoms with Gasteiger partial charge >= 0.3 is 0 Å². The SMILES string of the molecule is CC(=S)C1=C(N)C(F)C=C(C2=CCC(N)=CC=C2Cl)C(Cl)=C1. The average Bonchev–Trinajstić information content (AvgIpc) is 2.68. The van der Waals surface area contributed by atoms with Gasteiger partial charge < -0.3 is 11.5 Å². The highest BCUT2D eigenvalue weighted by molar-refractivity contribution is 7.80. The fraction of sp³-hybridized carbons (Fsp3) is 0.188. The third kappa shape index (κ3) is 3.51. The van der Waals surface area contributed by atoms with Gasteiger partial charge in [-0.05, 0) is 36.8 Å². The molecule has 0 aromatic carbocycles. The van der Waals surface area contributed by atoms with E-state index in [2.05, 4.69) is 0 Å². The van der Waals surface area contributed by atoms with Crippen molar-refractivity contribution in [1.29, 1.82) is 0 Å². The summed E-state index contributed by atoms with van der Waals surface area (Å²) in [4.78, 5) is 0.482. The zero-order valence-electron chi connectivity index (χ0n) is 11.9. The monoisotopic (exact) mass is 356 g/mol. The Bertz CT molecular complexity index is 712. The van der Waals surface area contributed by atoms with Crippen molar-refractivity contribution in [2.24, 2.45) is 11.5 Å². The summed E-state index contributed by atoms with van der Waals surface area (Å²) in [6, 6.07) is 0. The first-order valence-corrected chi connectivity index (χ1v) is 7.74. The van der Waals surface area contributed by atoms with Gasteiger partial charge in [-0.1, -0.05) is 41.5 Å². The summed E-state index contributed by atoms with van der Waals surface area (Å²) in [5.74, 6) is 0. The van der Waals surface area contributed by atoms with E-state index in [0.717, 1.165) is 0 Å². The van der Waals surface area contributed by atoms with Crippen LogP contribution in [0.2, 0.25) is 0 Å². The minimum absolute atomic E-state index is 0.0487. The van der Waals surface area contributed by atoms with E-state index in [1.165, 1.54) is 6.08 Å². The van der Waals surface area contributed by atoms with E-state index >= 15 is 0 Å². The second kappa shape index (κ2) is 6.82. The van der Waals surface area contributed by atoms with Crippen molar-refractivity contribution in [2.45, 2.75) is 19.5 Å². The summed E-state index contributed by atoms with van der Waals surface area (Å²) in [5.41, 5.74) is 13.9. The Morgan fingerprint density at radius 3 is 2.55 bits per heavy atom. The van der Waals surface area contributed by atoms with Crippen molar-refractivity contribution in [3.63, 3.8) is 0 Å². The Labute approximate surface area is 144 Å². The van der Waals surface area contributed by atoms with E-state index in [1.54, 1.807) is 25.2 Å². The van der Waals surface area contributed by atoms with Crippen LogP contribution in [0.3, 0.4) is 0 Å². The number of rotatable bonds is 2. The largest absolute Gasteiger partial charge is 0.402 e. The first-order chi connectivity index (χ1) is 10.3. The van der Waals surface area contributed by atoms with Crippen molar-refractivity contribution < 1.29 is 4.39 Å². The van der Waals surface area contributed by atoms with E-state index in [9.17, 15) is 4.39 Å². The lowest BCUT2D eigenvalue weighted by atomic mass is 10.0. The molecule has 0 saturated heterocycles. The third-order valence-electron chi connectivity index (χ3n) is 3.36. The topological polar surface area (TPSA) is 52.0 Å². The molecule has 2 nitrogen and oxygen atoms in total. The first-order valence-electron chi connectivity index (χ1n) is 6.58. The summed E-state index contributed by atoms with van der Waals surface area (Å²) in [7, 11) is 0. The van der Waals surface area contributed by atoms with E-state index in [0.29, 0.717) is 43.8 Å². The molecular formula is C16H15Cl2FN2S. The maximum absolute atomic E-state index is 14.4. The first kappa shape index (κ1) is 17.0. The Kier molecular flexibility index (Phi) is 5.27. The van der Waals surface area contributed by atoms with Crippen LogP contribution in [0.25, 0.3) is 0 Å². The summed E-state index contributed by atoms with van der Waals surface area (Å²) in [6.07, 6.45) is 7.14. The van der Waals surface area contributed by atoms with Gasteiger partial charge in [0.15, 0.2) is 6.17 Å². The van der Waals surface area contributed by atoms with Crippen LogP contribution < -0.4 is 11.5 Å². The van der Waals surface area contributed by atoms with Gasteiger partial charge in [0.05, 0.1) is 5.70 Å². The highest BCUT2D eigenvalue weighted by Gasteiger charge is 2.23. The van der Waals surface area contributed by atoms with Crippen LogP contribution in [0.15, 0.2) is 68.6 Å². The van der Waals surface area contributed by atoms with E-state index in [1.807, 2.05) is 6.08 Å². The van der Waals surface area contributed by atoms with Crippen LogP contribution in [0, 0.1) is 0 Å². The van der Waals surface area contributed by atoms with Crippen molar-refractivity contribution in [3.8, 4) is 0 Å². The van der Waals surface area contributed by atoms with Crippen LogP contribution in [-0.2, 0) is 0 Å². The van der Waals surface area contributed by atoms with Crippen molar-refractivity contribution in [2.75, 3.05) is 0 Å². The molecule has 2 aliphatic rings. The number of halogens is 3. The molecule has 116 valence electrons. The molecule has 0 fully saturated rings. The molecule has 0 aliphatic heterocycles. The van der Waals surface area contributed by atoms with E-state index in [-0.39, 0.29) is 5.70 Å². The minimum atomic E-state index is -1.49. The summed E-state index contributed by atoms with van der Waals surface area (Å²) in [6.45, 7) is 1.68. The molecule has 0 saturated carbocycles. The van der Waals surface area contributed by atoms with Gasteiger partial charge in [0.2, 0.25) is 0 Å². The van der Waals surface area contributed by atoms with Gasteiger partial charge in [-0.25, -0.2) is 4.39 Å². The predicted molar refractivity (Wildman–Crippen MR) is 95.3 cm³/mol. The van der Waals surface area contributed by atoms with Crippen molar-refractivity contribution >= 4 is 40.3 Å². The molecule has 6 heteroatoms. The van der Waals surface area contributed by atoms with Crippen LogP contribution in [-0.4, -0.2) is 11.0 Å². The lowest BCUT2D eigenvalue weighted by Gasteiger charge is -2.11. The molecule has 1 unspecified atom stereocenters. The summed E-state index contributed by atoms with van der Waals surface area (Å²) >= 11 is 17.7. The van der Waals surface area contributed by atoms with Gasteiger partial charge in [-0.3, -0.25) is 0 Å². The zero-order chi connectivity index (χ0) is 16.4. The second-order valence-electron chi connectivity index (χ2n) is 4.98. The number of nitrogens with two attached hydrogens (primary N) is 2. The smallest absolute Gasteiger partial charge is 0.159 e. The summed E-state index contributed by atoms with van der Waals surface area (Å²) < 4.78 is 14.4. The Balaban J connectivity index is 2.52. The number of hydrogen-bond acceptors (Lipinski definition) is 3. The van der Waals surface area contributed by atoms with E-state index < -0.39 is 6.17 Å². The van der Waals surface area contributed by atoms with Crippen molar-refractivity contribution in [1.82, 2.24) is 0 Å². The molecule has 4 N–H and O–H groups in total. The molecule has 2 aliphatic carbocycles. The fourth-order valence-electron chi connectivity index (χ4n) is 2.17. The lowest BCUT2D eigenvalue weighted by Crippen LogP contribution is -2.15. The van der Waals surface area contributed by atoms with Crippen LogP contribution >= 0.6 is 35.4 Å². The summed E-state index contributed by atoms with van der Waals surface area (Å²) in [5, 5.41) is 0.770. The molecule has 0 aromatic rings. The standard InChI is InChI=1S/C16H15Cl2FN2S/c1-8(22)11-6-14(18)12(7-15(19)16(11)21)10-4-2-9(20)3-5-13(10)17/h3-7,15H,2,20-21H2,1H3. The quantitative estimate of drug-likeness (QED) is 0.725. The molecule has 2 rings (SSSR count). The second-order valence-corrected chi connectivity index (χ2v) is 6.40. The Hall–Kier alpha value is -1.36. The van der Waals surface area contributed by atoms with Crippen LogP contribution in [0.4, 0.5) is 4.39 Å². The molecule has 1 atom stereocenters. The molecule has 0 spiro atoms. The zero-order valence-corrected chi connectivity index (χ0v) is 14.2. The number of allylic oxidation sites excluding steroid dienone is 10. The van der Waals surface area contributed by atoms with Crippen LogP contribution in [0.5, 0.6) is 0 Å². The Morgan fingerprint density at radius 1 is 1.23 bits per heavy atom. The van der Waals surface area contributed by atoms with Gasteiger partial charge in [0, 0.05) is 38.2 Å². The third-order valence-corrected chi connectivity index (χ3v) is 4.22. The molecule has 0 radical (unpaired) electrons. The van der Waals surface area contributed by atoms with Gasteiger partial charge in [0.25, 0.3) is 0 Å². The Morgan fingerprint density at radius 2 is 1.91 bits per heavy atom. The van der Waals surface area contributed by atoms with Gasteiger partial charge in [-0.2, -0.15) is 0 Å². The molecule has 0 heterocycles. The molecule has 0 aromatic heterocycles.